The normalized spacial score (nSPS) is 14.3. The molecule has 0 amide bonds. The predicted octanol–water partition coefficient (Wildman–Crippen LogP) is 2.83. The minimum Gasteiger partial charge on any atom is -0.478 e. The SMILES string of the molecule is CC(C)CS(=O)(=O)CC(C)CN(c1ccc(Cl)c(C(=O)O)c1F)S(=O)O. The number of anilines is 1. The Morgan fingerprint density at radius 3 is 2.35 bits per heavy atom. The van der Waals surface area contributed by atoms with E-state index < -0.39 is 50.1 Å². The van der Waals surface area contributed by atoms with Crippen LogP contribution in [0.2, 0.25) is 5.02 Å². The minimum absolute atomic E-state index is 0.0297. The third kappa shape index (κ3) is 6.19. The number of carboxylic acid groups (broad SMARTS) is 1. The summed E-state index contributed by atoms with van der Waals surface area (Å²) in [6.07, 6.45) is 0. The van der Waals surface area contributed by atoms with E-state index in [4.69, 9.17) is 16.7 Å². The van der Waals surface area contributed by atoms with Gasteiger partial charge in [0.05, 0.1) is 22.2 Å². The highest BCUT2D eigenvalue weighted by Gasteiger charge is 2.27. The molecule has 2 unspecified atom stereocenters. The summed E-state index contributed by atoms with van der Waals surface area (Å²) in [6, 6.07) is 2.18. The van der Waals surface area contributed by atoms with Crippen molar-refractivity contribution in [3.05, 3.63) is 28.5 Å². The molecule has 0 aliphatic heterocycles. The largest absolute Gasteiger partial charge is 0.478 e. The first-order valence-electron chi connectivity index (χ1n) is 7.66. The van der Waals surface area contributed by atoms with Gasteiger partial charge in [0.1, 0.15) is 5.56 Å². The van der Waals surface area contributed by atoms with E-state index in [0.29, 0.717) is 4.31 Å². The molecule has 1 rings (SSSR count). The zero-order chi connectivity index (χ0) is 20.2. The Morgan fingerprint density at radius 1 is 1.31 bits per heavy atom. The summed E-state index contributed by atoms with van der Waals surface area (Å²) in [5, 5.41) is 8.70. The van der Waals surface area contributed by atoms with Gasteiger partial charge in [-0.2, -0.15) is 0 Å². The number of sulfone groups is 1. The van der Waals surface area contributed by atoms with Gasteiger partial charge in [-0.1, -0.05) is 32.4 Å². The zero-order valence-electron chi connectivity index (χ0n) is 14.5. The van der Waals surface area contributed by atoms with Crippen LogP contribution in [0.25, 0.3) is 0 Å². The summed E-state index contributed by atoms with van der Waals surface area (Å²) in [4.78, 5) is 11.1. The van der Waals surface area contributed by atoms with Gasteiger partial charge in [0.25, 0.3) is 11.3 Å². The van der Waals surface area contributed by atoms with Crippen LogP contribution in [0.4, 0.5) is 10.1 Å². The Hall–Kier alpha value is -1.23. The second-order valence-electron chi connectivity index (χ2n) is 6.43. The molecule has 11 heteroatoms. The molecule has 0 bridgehead atoms. The van der Waals surface area contributed by atoms with Gasteiger partial charge in [-0.3, -0.25) is 8.86 Å². The van der Waals surface area contributed by atoms with Crippen LogP contribution in [0.5, 0.6) is 0 Å². The van der Waals surface area contributed by atoms with Gasteiger partial charge in [0.15, 0.2) is 15.7 Å². The first kappa shape index (κ1) is 22.8. The molecule has 2 N–H and O–H groups in total. The van der Waals surface area contributed by atoms with Crippen molar-refractivity contribution in [1.29, 1.82) is 0 Å². The Labute approximate surface area is 159 Å². The summed E-state index contributed by atoms with van der Waals surface area (Å²) in [5.74, 6) is -3.83. The molecule has 26 heavy (non-hydrogen) atoms. The molecule has 0 aromatic heterocycles. The van der Waals surface area contributed by atoms with Crippen LogP contribution in [0.1, 0.15) is 31.1 Å². The third-order valence-electron chi connectivity index (χ3n) is 3.35. The monoisotopic (exact) mass is 429 g/mol. The third-order valence-corrected chi connectivity index (χ3v) is 6.63. The van der Waals surface area contributed by atoms with Gasteiger partial charge in [-0.25, -0.2) is 21.8 Å². The van der Waals surface area contributed by atoms with E-state index >= 15 is 0 Å². The van der Waals surface area contributed by atoms with E-state index in [9.17, 15) is 26.4 Å². The van der Waals surface area contributed by atoms with E-state index in [-0.39, 0.29) is 29.0 Å². The quantitative estimate of drug-likeness (QED) is 0.584. The van der Waals surface area contributed by atoms with Gasteiger partial charge in [0, 0.05) is 6.54 Å². The van der Waals surface area contributed by atoms with Crippen LogP contribution in [-0.4, -0.2) is 46.3 Å². The molecule has 1 aromatic rings. The smallest absolute Gasteiger partial charge is 0.340 e. The van der Waals surface area contributed by atoms with Crippen molar-refractivity contribution in [3.63, 3.8) is 0 Å². The number of halogens is 2. The highest BCUT2D eigenvalue weighted by molar-refractivity contribution is 7.91. The second kappa shape index (κ2) is 9.12. The molecule has 0 saturated carbocycles. The van der Waals surface area contributed by atoms with E-state index in [1.165, 1.54) is 0 Å². The first-order chi connectivity index (χ1) is 11.9. The van der Waals surface area contributed by atoms with E-state index in [0.717, 1.165) is 12.1 Å². The number of hydrogen-bond acceptors (Lipinski definition) is 4. The van der Waals surface area contributed by atoms with E-state index in [1.54, 1.807) is 20.8 Å². The number of aromatic carboxylic acids is 1. The van der Waals surface area contributed by atoms with Crippen molar-refractivity contribution in [3.8, 4) is 0 Å². The molecule has 0 fully saturated rings. The lowest BCUT2D eigenvalue weighted by Crippen LogP contribution is -2.34. The van der Waals surface area contributed by atoms with Crippen LogP contribution in [-0.2, 0) is 21.1 Å². The topological polar surface area (TPSA) is 112 Å². The molecule has 7 nitrogen and oxygen atoms in total. The Kier molecular flexibility index (Phi) is 8.00. The average molecular weight is 430 g/mol. The Bertz CT molecular complexity index is 800. The molecule has 0 aliphatic carbocycles. The maximum absolute atomic E-state index is 14.5. The fourth-order valence-corrected chi connectivity index (χ4v) is 5.56. The van der Waals surface area contributed by atoms with E-state index in [1.807, 2.05) is 0 Å². The number of nitrogens with zero attached hydrogens (tertiary/aromatic N) is 1. The lowest BCUT2D eigenvalue weighted by Gasteiger charge is -2.25. The van der Waals surface area contributed by atoms with E-state index in [2.05, 4.69) is 0 Å². The highest BCUT2D eigenvalue weighted by Crippen LogP contribution is 2.29. The summed E-state index contributed by atoms with van der Waals surface area (Å²) >= 11 is 2.98. The Balaban J connectivity index is 3.14. The fourth-order valence-electron chi connectivity index (χ4n) is 2.52. The zero-order valence-corrected chi connectivity index (χ0v) is 16.9. The maximum Gasteiger partial charge on any atom is 0.340 e. The van der Waals surface area contributed by atoms with Gasteiger partial charge in [0.2, 0.25) is 0 Å². The summed E-state index contributed by atoms with van der Waals surface area (Å²) < 4.78 is 60.4. The molecule has 0 radical (unpaired) electrons. The molecule has 0 heterocycles. The van der Waals surface area contributed by atoms with Crippen molar-refractivity contribution in [2.75, 3.05) is 22.4 Å². The van der Waals surface area contributed by atoms with Crippen molar-refractivity contribution >= 4 is 44.4 Å². The molecule has 0 saturated heterocycles. The van der Waals surface area contributed by atoms with Crippen LogP contribution < -0.4 is 4.31 Å². The van der Waals surface area contributed by atoms with Crippen LogP contribution in [0, 0.1) is 17.7 Å². The van der Waals surface area contributed by atoms with Crippen LogP contribution in [0.3, 0.4) is 0 Å². The number of benzene rings is 1. The summed E-state index contributed by atoms with van der Waals surface area (Å²) in [6.45, 7) is 4.79. The van der Waals surface area contributed by atoms with Crippen LogP contribution in [0.15, 0.2) is 12.1 Å². The van der Waals surface area contributed by atoms with Gasteiger partial charge in [-0.05, 0) is 24.0 Å². The average Bonchev–Trinajstić information content (AvgIpc) is 2.42. The molecule has 148 valence electrons. The molecular weight excluding hydrogens is 409 g/mol. The number of rotatable bonds is 9. The number of carboxylic acids is 1. The lowest BCUT2D eigenvalue weighted by molar-refractivity contribution is 0.0692. The molecule has 1 aromatic carbocycles. The summed E-state index contributed by atoms with van der Waals surface area (Å²) in [5.41, 5.74) is -1.26. The highest BCUT2D eigenvalue weighted by atomic mass is 35.5. The second-order valence-corrected chi connectivity index (χ2v) is 9.89. The molecule has 0 spiro atoms. The minimum atomic E-state index is -3.39. The Morgan fingerprint density at radius 2 is 1.88 bits per heavy atom. The van der Waals surface area contributed by atoms with Gasteiger partial charge >= 0.3 is 5.97 Å². The molecule has 0 aliphatic rings. The number of carbonyl (C=O) groups is 1. The molecule has 2 atom stereocenters. The van der Waals surface area contributed by atoms with Crippen molar-refractivity contribution in [1.82, 2.24) is 0 Å². The standard InChI is InChI=1S/C15H21ClFNO6S2/c1-9(2)7-26(23,24)8-10(3)6-18(25(21)22)12-5-4-11(16)13(14(12)17)15(19)20/h4-5,9-10H,6-8H2,1-3H3,(H,19,20)(H,21,22). The van der Waals surface area contributed by atoms with Gasteiger partial charge < -0.3 is 5.11 Å². The van der Waals surface area contributed by atoms with Crippen molar-refractivity contribution < 1.29 is 31.5 Å². The number of hydrogen-bond donors (Lipinski definition) is 2. The van der Waals surface area contributed by atoms with Gasteiger partial charge in [-0.15, -0.1) is 0 Å². The first-order valence-corrected chi connectivity index (χ1v) is 10.9. The van der Waals surface area contributed by atoms with Crippen LogP contribution >= 0.6 is 11.6 Å². The molecular formula is C15H21ClFNO6S2. The van der Waals surface area contributed by atoms with Crippen molar-refractivity contribution in [2.45, 2.75) is 20.8 Å². The van der Waals surface area contributed by atoms with Crippen molar-refractivity contribution in [2.24, 2.45) is 11.8 Å². The summed E-state index contributed by atoms with van der Waals surface area (Å²) in [7, 11) is -3.39. The maximum atomic E-state index is 14.5. The lowest BCUT2D eigenvalue weighted by atomic mass is 10.1. The predicted molar refractivity (Wildman–Crippen MR) is 99.1 cm³/mol. The fraction of sp³-hybridized carbons (Fsp3) is 0.533.